The molecule has 0 amide bonds. The van der Waals surface area contributed by atoms with Crippen LogP contribution in [0.15, 0.2) is 34.1 Å². The maximum Gasteiger partial charge on any atom is 0.0589 e. The standard InChI is InChI=1S/C11H14OS2/c1-13-9-2-4-10(5-3-9)14-11-6-7-12-8-11/h2-5,11H,6-8H2,1H3. The Bertz CT molecular complexity index is 278. The van der Waals surface area contributed by atoms with E-state index in [0.717, 1.165) is 13.2 Å². The summed E-state index contributed by atoms with van der Waals surface area (Å²) in [6, 6.07) is 8.77. The molecule has 1 saturated heterocycles. The second-order valence-electron chi connectivity index (χ2n) is 3.28. The average Bonchev–Trinajstić information content (AvgIpc) is 2.72. The van der Waals surface area contributed by atoms with Crippen LogP contribution in [0.2, 0.25) is 0 Å². The van der Waals surface area contributed by atoms with E-state index >= 15 is 0 Å². The molecule has 0 aromatic heterocycles. The van der Waals surface area contributed by atoms with Gasteiger partial charge in [0.1, 0.15) is 0 Å². The van der Waals surface area contributed by atoms with Crippen LogP contribution in [0, 0.1) is 0 Å². The van der Waals surface area contributed by atoms with E-state index < -0.39 is 0 Å². The molecule has 1 unspecified atom stereocenters. The summed E-state index contributed by atoms with van der Waals surface area (Å²) < 4.78 is 5.35. The fourth-order valence-electron chi connectivity index (χ4n) is 1.45. The van der Waals surface area contributed by atoms with E-state index in [1.807, 2.05) is 11.8 Å². The molecule has 2 rings (SSSR count). The fourth-order valence-corrected chi connectivity index (χ4v) is 2.92. The Hall–Kier alpha value is -0.120. The molecule has 0 bridgehead atoms. The largest absolute Gasteiger partial charge is 0.380 e. The van der Waals surface area contributed by atoms with Crippen LogP contribution in [0.4, 0.5) is 0 Å². The first-order valence-electron chi connectivity index (χ1n) is 4.77. The SMILES string of the molecule is CSc1ccc(SC2CCOC2)cc1. The summed E-state index contributed by atoms with van der Waals surface area (Å²) in [5, 5.41) is 0.662. The molecule has 1 nitrogen and oxygen atoms in total. The van der Waals surface area contributed by atoms with Crippen molar-refractivity contribution in [3.05, 3.63) is 24.3 Å². The Morgan fingerprint density at radius 1 is 1.21 bits per heavy atom. The maximum absolute atomic E-state index is 5.35. The van der Waals surface area contributed by atoms with Gasteiger partial charge in [-0.15, -0.1) is 23.5 Å². The van der Waals surface area contributed by atoms with Gasteiger partial charge in [0, 0.05) is 21.6 Å². The Morgan fingerprint density at radius 2 is 1.93 bits per heavy atom. The van der Waals surface area contributed by atoms with Gasteiger partial charge in [-0.1, -0.05) is 0 Å². The van der Waals surface area contributed by atoms with Crippen LogP contribution in [0.1, 0.15) is 6.42 Å². The topological polar surface area (TPSA) is 9.23 Å². The molecule has 1 aliphatic rings. The molecule has 0 aliphatic carbocycles. The number of benzene rings is 1. The predicted molar refractivity (Wildman–Crippen MR) is 63.3 cm³/mol. The summed E-state index contributed by atoms with van der Waals surface area (Å²) in [7, 11) is 0. The third-order valence-corrected chi connectivity index (χ3v) is 4.24. The van der Waals surface area contributed by atoms with Crippen molar-refractivity contribution in [1.29, 1.82) is 0 Å². The van der Waals surface area contributed by atoms with Gasteiger partial charge in [-0.3, -0.25) is 0 Å². The molecule has 1 aromatic rings. The molecule has 1 aliphatic heterocycles. The molecule has 3 heteroatoms. The smallest absolute Gasteiger partial charge is 0.0589 e. The Labute approximate surface area is 93.6 Å². The lowest BCUT2D eigenvalue weighted by molar-refractivity contribution is 0.199. The van der Waals surface area contributed by atoms with Gasteiger partial charge in [0.2, 0.25) is 0 Å². The van der Waals surface area contributed by atoms with Gasteiger partial charge < -0.3 is 4.74 Å². The van der Waals surface area contributed by atoms with Gasteiger partial charge in [-0.2, -0.15) is 0 Å². The molecule has 0 spiro atoms. The summed E-state index contributed by atoms with van der Waals surface area (Å²) in [5.74, 6) is 0. The zero-order chi connectivity index (χ0) is 9.80. The lowest BCUT2D eigenvalue weighted by Gasteiger charge is -2.07. The quantitative estimate of drug-likeness (QED) is 0.732. The van der Waals surface area contributed by atoms with Gasteiger partial charge in [-0.25, -0.2) is 0 Å². The number of hydrogen-bond donors (Lipinski definition) is 0. The van der Waals surface area contributed by atoms with Crippen LogP contribution in [0.25, 0.3) is 0 Å². The lowest BCUT2D eigenvalue weighted by Crippen LogP contribution is -1.99. The molecule has 1 atom stereocenters. The summed E-state index contributed by atoms with van der Waals surface area (Å²) in [4.78, 5) is 2.69. The highest BCUT2D eigenvalue weighted by molar-refractivity contribution is 8.00. The summed E-state index contributed by atoms with van der Waals surface area (Å²) >= 11 is 3.72. The van der Waals surface area contributed by atoms with Crippen LogP contribution in [-0.4, -0.2) is 24.7 Å². The van der Waals surface area contributed by atoms with Crippen LogP contribution < -0.4 is 0 Å². The lowest BCUT2D eigenvalue weighted by atomic mass is 10.4. The Balaban J connectivity index is 1.95. The average molecular weight is 226 g/mol. The van der Waals surface area contributed by atoms with Crippen molar-refractivity contribution in [2.75, 3.05) is 19.5 Å². The van der Waals surface area contributed by atoms with Gasteiger partial charge in [0.05, 0.1) is 6.61 Å². The highest BCUT2D eigenvalue weighted by Gasteiger charge is 2.16. The van der Waals surface area contributed by atoms with E-state index in [0.29, 0.717) is 5.25 Å². The van der Waals surface area contributed by atoms with Crippen LogP contribution >= 0.6 is 23.5 Å². The van der Waals surface area contributed by atoms with Gasteiger partial charge in [-0.05, 0) is 36.9 Å². The third-order valence-electron chi connectivity index (χ3n) is 2.25. The van der Waals surface area contributed by atoms with Crippen molar-refractivity contribution in [2.24, 2.45) is 0 Å². The molecule has 1 heterocycles. The molecular formula is C11H14OS2. The number of rotatable bonds is 3. The van der Waals surface area contributed by atoms with E-state index in [4.69, 9.17) is 4.74 Å². The normalized spacial score (nSPS) is 21.4. The van der Waals surface area contributed by atoms with Crippen molar-refractivity contribution < 1.29 is 4.74 Å². The third kappa shape index (κ3) is 2.69. The minimum atomic E-state index is 0.662. The molecule has 0 N–H and O–H groups in total. The minimum Gasteiger partial charge on any atom is -0.380 e. The molecule has 1 aromatic carbocycles. The van der Waals surface area contributed by atoms with E-state index in [2.05, 4.69) is 30.5 Å². The highest BCUT2D eigenvalue weighted by Crippen LogP contribution is 2.29. The van der Waals surface area contributed by atoms with E-state index in [1.165, 1.54) is 16.2 Å². The van der Waals surface area contributed by atoms with Crippen LogP contribution in [0.3, 0.4) is 0 Å². The summed E-state index contributed by atoms with van der Waals surface area (Å²) in [6.07, 6.45) is 3.29. The molecule has 76 valence electrons. The van der Waals surface area contributed by atoms with E-state index in [1.54, 1.807) is 11.8 Å². The van der Waals surface area contributed by atoms with Crippen molar-refractivity contribution in [2.45, 2.75) is 21.5 Å². The molecule has 1 fully saturated rings. The highest BCUT2D eigenvalue weighted by atomic mass is 32.2. The molecule has 14 heavy (non-hydrogen) atoms. The molecule has 0 radical (unpaired) electrons. The minimum absolute atomic E-state index is 0.662. The monoisotopic (exact) mass is 226 g/mol. The first kappa shape index (κ1) is 10.4. The van der Waals surface area contributed by atoms with Crippen molar-refractivity contribution >= 4 is 23.5 Å². The zero-order valence-electron chi connectivity index (χ0n) is 8.23. The molecular weight excluding hydrogens is 212 g/mol. The fraction of sp³-hybridized carbons (Fsp3) is 0.455. The predicted octanol–water partition coefficient (Wildman–Crippen LogP) is 3.29. The summed E-state index contributed by atoms with van der Waals surface area (Å²) in [5.41, 5.74) is 0. The van der Waals surface area contributed by atoms with Crippen molar-refractivity contribution in [3.63, 3.8) is 0 Å². The van der Waals surface area contributed by atoms with Gasteiger partial charge in [0.15, 0.2) is 0 Å². The van der Waals surface area contributed by atoms with E-state index in [-0.39, 0.29) is 0 Å². The first-order valence-corrected chi connectivity index (χ1v) is 6.87. The Morgan fingerprint density at radius 3 is 2.50 bits per heavy atom. The summed E-state index contributed by atoms with van der Waals surface area (Å²) in [6.45, 7) is 1.84. The van der Waals surface area contributed by atoms with E-state index in [9.17, 15) is 0 Å². The maximum atomic E-state index is 5.35. The number of ether oxygens (including phenoxy) is 1. The molecule has 0 saturated carbocycles. The number of thioether (sulfide) groups is 2. The first-order chi connectivity index (χ1) is 6.88. The zero-order valence-corrected chi connectivity index (χ0v) is 9.87. The number of hydrogen-bond acceptors (Lipinski definition) is 3. The Kier molecular flexibility index (Phi) is 3.79. The van der Waals surface area contributed by atoms with Gasteiger partial charge in [0.25, 0.3) is 0 Å². The second kappa shape index (κ2) is 5.10. The van der Waals surface area contributed by atoms with Gasteiger partial charge >= 0.3 is 0 Å². The van der Waals surface area contributed by atoms with Crippen LogP contribution in [0.5, 0.6) is 0 Å². The van der Waals surface area contributed by atoms with Crippen molar-refractivity contribution in [3.8, 4) is 0 Å². The van der Waals surface area contributed by atoms with Crippen LogP contribution in [-0.2, 0) is 4.74 Å². The van der Waals surface area contributed by atoms with Crippen molar-refractivity contribution in [1.82, 2.24) is 0 Å². The second-order valence-corrected chi connectivity index (χ2v) is 5.53.